The third kappa shape index (κ3) is 4.32. The van der Waals surface area contributed by atoms with Crippen LogP contribution < -0.4 is 5.32 Å². The molecule has 8 heteroatoms. The summed E-state index contributed by atoms with van der Waals surface area (Å²) in [6.07, 6.45) is 9.09. The number of imide groups is 1. The van der Waals surface area contributed by atoms with Crippen LogP contribution in [0.2, 0.25) is 0 Å². The van der Waals surface area contributed by atoms with E-state index < -0.39 is 11.9 Å². The molecule has 0 fully saturated rings. The predicted molar refractivity (Wildman–Crippen MR) is 99.5 cm³/mol. The van der Waals surface area contributed by atoms with Gasteiger partial charge in [-0.2, -0.15) is 4.99 Å². The van der Waals surface area contributed by atoms with E-state index in [-0.39, 0.29) is 24.8 Å². The van der Waals surface area contributed by atoms with Gasteiger partial charge in [-0.3, -0.25) is 19.5 Å². The van der Waals surface area contributed by atoms with Crippen molar-refractivity contribution in [2.75, 3.05) is 6.54 Å². The first-order valence-corrected chi connectivity index (χ1v) is 8.99. The molecular weight excluding hydrogens is 400 g/mol. The highest BCUT2D eigenvalue weighted by Crippen LogP contribution is 2.25. The maximum absolute atomic E-state index is 12.5. The number of hydrogen-bond donors (Lipinski definition) is 1. The topological polar surface area (TPSA) is 91.7 Å². The lowest BCUT2D eigenvalue weighted by Crippen LogP contribution is -2.46. The number of allylic oxidation sites excluding steroid dienone is 3. The van der Waals surface area contributed by atoms with E-state index in [4.69, 9.17) is 0 Å². The second-order valence-corrected chi connectivity index (χ2v) is 6.83. The van der Waals surface area contributed by atoms with Gasteiger partial charge < -0.3 is 5.32 Å². The van der Waals surface area contributed by atoms with Crippen molar-refractivity contribution < 1.29 is 14.4 Å². The molecule has 0 aromatic carbocycles. The molecule has 0 saturated heterocycles. The van der Waals surface area contributed by atoms with Crippen molar-refractivity contribution in [2.24, 2.45) is 10.9 Å². The number of pyridine rings is 1. The van der Waals surface area contributed by atoms with Gasteiger partial charge in [0.2, 0.25) is 11.8 Å². The zero-order valence-corrected chi connectivity index (χ0v) is 15.5. The molecule has 1 atom stereocenters. The summed E-state index contributed by atoms with van der Waals surface area (Å²) in [6.45, 7) is 0.565. The fourth-order valence-corrected chi connectivity index (χ4v) is 3.10. The van der Waals surface area contributed by atoms with E-state index in [2.05, 4.69) is 31.2 Å². The molecule has 134 valence electrons. The Balaban J connectivity index is 1.49. The molecular formula is C18H17BrN4O3. The first-order chi connectivity index (χ1) is 12.5. The van der Waals surface area contributed by atoms with Crippen molar-refractivity contribution >= 4 is 39.5 Å². The standard InChI is InChI=1S/C18H17BrN4O3/c19-13-5-6-15-14(9-13)17(25)23(18(26)22-15)8-2-4-16(24)21-11-12-3-1-7-20-10-12/h1,3,5-7,9-10,14H,2,4,8,11H2,(H,21,24). The van der Waals surface area contributed by atoms with Crippen LogP contribution in [0.5, 0.6) is 0 Å². The summed E-state index contributed by atoms with van der Waals surface area (Å²) in [7, 11) is 0. The monoisotopic (exact) mass is 416 g/mol. The van der Waals surface area contributed by atoms with Crippen LogP contribution in [0.25, 0.3) is 0 Å². The Morgan fingerprint density at radius 1 is 1.31 bits per heavy atom. The minimum atomic E-state index is -0.576. The number of carbonyl (C=O) groups is 3. The molecule has 3 rings (SSSR count). The average molecular weight is 417 g/mol. The summed E-state index contributed by atoms with van der Waals surface area (Å²) in [5, 5.41) is 2.79. The summed E-state index contributed by atoms with van der Waals surface area (Å²) in [5.41, 5.74) is 1.36. The third-order valence-electron chi connectivity index (χ3n) is 4.04. The molecule has 0 radical (unpaired) electrons. The number of nitrogens with zero attached hydrogens (tertiary/aromatic N) is 3. The van der Waals surface area contributed by atoms with E-state index in [1.54, 1.807) is 36.7 Å². The van der Waals surface area contributed by atoms with Gasteiger partial charge in [-0.15, -0.1) is 0 Å². The molecule has 0 spiro atoms. The molecule has 1 aromatic rings. The third-order valence-corrected chi connectivity index (χ3v) is 4.57. The van der Waals surface area contributed by atoms with Crippen molar-refractivity contribution in [3.63, 3.8) is 0 Å². The predicted octanol–water partition coefficient (Wildman–Crippen LogP) is 2.35. The van der Waals surface area contributed by atoms with E-state index in [9.17, 15) is 14.4 Å². The summed E-state index contributed by atoms with van der Waals surface area (Å²) in [5.74, 6) is -0.998. The molecule has 0 saturated carbocycles. The van der Waals surface area contributed by atoms with Gasteiger partial charge in [0.1, 0.15) is 5.92 Å². The Bertz CT molecular complexity index is 817. The lowest BCUT2D eigenvalue weighted by atomic mass is 9.95. The Kier molecular flexibility index (Phi) is 5.72. The van der Waals surface area contributed by atoms with E-state index >= 15 is 0 Å². The number of fused-ring (bicyclic) bond motifs is 1. The largest absolute Gasteiger partial charge is 0.352 e. The molecule has 7 nitrogen and oxygen atoms in total. The van der Waals surface area contributed by atoms with Crippen molar-refractivity contribution in [3.05, 3.63) is 52.8 Å². The fourth-order valence-electron chi connectivity index (χ4n) is 2.70. The van der Waals surface area contributed by atoms with Crippen LogP contribution in [0.3, 0.4) is 0 Å². The fraction of sp³-hybridized carbons (Fsp3) is 0.278. The highest BCUT2D eigenvalue weighted by atomic mass is 79.9. The van der Waals surface area contributed by atoms with Gasteiger partial charge in [-0.25, -0.2) is 4.79 Å². The van der Waals surface area contributed by atoms with Gasteiger partial charge in [0.15, 0.2) is 0 Å². The number of amides is 4. The summed E-state index contributed by atoms with van der Waals surface area (Å²) in [6, 6.07) is 3.10. The average Bonchev–Trinajstić information content (AvgIpc) is 2.64. The van der Waals surface area contributed by atoms with Crippen molar-refractivity contribution in [1.29, 1.82) is 0 Å². The molecule has 0 bridgehead atoms. The van der Waals surface area contributed by atoms with E-state index in [0.29, 0.717) is 18.7 Å². The number of hydrogen-bond acceptors (Lipinski definition) is 4. The normalized spacial score (nSPS) is 19.0. The van der Waals surface area contributed by atoms with Gasteiger partial charge in [-0.05, 0) is 30.2 Å². The van der Waals surface area contributed by atoms with E-state index in [1.165, 1.54) is 0 Å². The Morgan fingerprint density at radius 2 is 2.15 bits per heavy atom. The summed E-state index contributed by atoms with van der Waals surface area (Å²) >= 11 is 3.33. The zero-order chi connectivity index (χ0) is 18.5. The maximum atomic E-state index is 12.5. The first-order valence-electron chi connectivity index (χ1n) is 8.19. The van der Waals surface area contributed by atoms with Crippen molar-refractivity contribution in [2.45, 2.75) is 19.4 Å². The molecule has 1 aliphatic carbocycles. The van der Waals surface area contributed by atoms with E-state index in [1.807, 2.05) is 6.07 Å². The van der Waals surface area contributed by atoms with Crippen LogP contribution in [0, 0.1) is 5.92 Å². The molecule has 2 heterocycles. The second-order valence-electron chi connectivity index (χ2n) is 5.91. The second kappa shape index (κ2) is 8.18. The molecule has 1 N–H and O–H groups in total. The van der Waals surface area contributed by atoms with Gasteiger partial charge in [-0.1, -0.05) is 28.1 Å². The SMILES string of the molecule is O=C(CCCN1C(=O)N=C2C=CC(Br)=CC2C1=O)NCc1cccnc1. The highest BCUT2D eigenvalue weighted by Gasteiger charge is 2.36. The Labute approximate surface area is 159 Å². The lowest BCUT2D eigenvalue weighted by Gasteiger charge is -2.28. The quantitative estimate of drug-likeness (QED) is 0.769. The van der Waals surface area contributed by atoms with Crippen molar-refractivity contribution in [1.82, 2.24) is 15.2 Å². The van der Waals surface area contributed by atoms with Crippen LogP contribution in [0.1, 0.15) is 18.4 Å². The van der Waals surface area contributed by atoms with Gasteiger partial charge in [0, 0.05) is 36.4 Å². The van der Waals surface area contributed by atoms with Gasteiger partial charge >= 0.3 is 6.03 Å². The maximum Gasteiger partial charge on any atom is 0.350 e. The van der Waals surface area contributed by atoms with Crippen LogP contribution in [0.4, 0.5) is 4.79 Å². The molecule has 1 aliphatic heterocycles. The molecule has 1 aromatic heterocycles. The summed E-state index contributed by atoms with van der Waals surface area (Å²) in [4.78, 5) is 45.6. The first kappa shape index (κ1) is 18.2. The molecule has 4 amide bonds. The lowest BCUT2D eigenvalue weighted by molar-refractivity contribution is -0.130. The number of urea groups is 1. The number of rotatable bonds is 6. The Morgan fingerprint density at radius 3 is 2.92 bits per heavy atom. The minimum absolute atomic E-state index is 0.141. The number of aliphatic imine (C=N–C) groups is 1. The van der Waals surface area contributed by atoms with E-state index in [0.717, 1.165) is 14.9 Å². The molecule has 2 aliphatic rings. The minimum Gasteiger partial charge on any atom is -0.352 e. The number of halogens is 1. The van der Waals surface area contributed by atoms with Crippen LogP contribution >= 0.6 is 15.9 Å². The van der Waals surface area contributed by atoms with Crippen LogP contribution in [-0.4, -0.2) is 40.0 Å². The van der Waals surface area contributed by atoms with Crippen LogP contribution in [0.15, 0.2) is 52.2 Å². The molecule has 1 unspecified atom stereocenters. The van der Waals surface area contributed by atoms with Crippen molar-refractivity contribution in [3.8, 4) is 0 Å². The van der Waals surface area contributed by atoms with Gasteiger partial charge in [0.25, 0.3) is 0 Å². The number of carbonyl (C=O) groups excluding carboxylic acids is 3. The van der Waals surface area contributed by atoms with Gasteiger partial charge in [0.05, 0.1) is 5.71 Å². The summed E-state index contributed by atoms with van der Waals surface area (Å²) < 4.78 is 0.777. The smallest absolute Gasteiger partial charge is 0.350 e. The van der Waals surface area contributed by atoms with Crippen LogP contribution in [-0.2, 0) is 16.1 Å². The highest BCUT2D eigenvalue weighted by molar-refractivity contribution is 9.11. The zero-order valence-electron chi connectivity index (χ0n) is 13.9. The number of aromatic nitrogens is 1. The Hall–Kier alpha value is -2.61. The number of nitrogens with one attached hydrogen (secondary N) is 1. The molecule has 26 heavy (non-hydrogen) atoms.